The maximum absolute atomic E-state index is 12.6. The molecule has 0 atom stereocenters. The van der Waals surface area contributed by atoms with Crippen LogP contribution in [0.2, 0.25) is 5.15 Å². The number of aromatic nitrogens is 1. The van der Waals surface area contributed by atoms with Gasteiger partial charge in [0.25, 0.3) is 0 Å². The molecular weight excluding hydrogens is 258 g/mol. The Morgan fingerprint density at radius 1 is 0.842 bits per heavy atom. The molecule has 0 saturated heterocycles. The highest BCUT2D eigenvalue weighted by atomic mass is 35.5. The second-order valence-corrected chi connectivity index (χ2v) is 4.90. The fraction of sp³-hybridized carbons (Fsp3) is 0. The Morgan fingerprint density at radius 3 is 2.37 bits per heavy atom. The zero-order valence-electron chi connectivity index (χ0n) is 9.85. The minimum atomic E-state index is 0.0334. The number of carbonyl (C=O) groups excluding carboxylic acids is 1. The van der Waals surface area contributed by atoms with Crippen molar-refractivity contribution in [3.05, 3.63) is 64.8 Å². The SMILES string of the molecule is O=C1c2ccccc2-c2c(Cl)nc3ccccc3c21. The lowest BCUT2D eigenvalue weighted by molar-refractivity contribution is 0.104. The predicted octanol–water partition coefficient (Wildman–Crippen LogP) is 4.10. The second kappa shape index (κ2) is 3.65. The Balaban J connectivity index is 2.23. The first kappa shape index (κ1) is 10.7. The molecule has 90 valence electrons. The van der Waals surface area contributed by atoms with E-state index in [9.17, 15) is 4.79 Å². The first-order chi connectivity index (χ1) is 9.27. The van der Waals surface area contributed by atoms with E-state index in [1.165, 1.54) is 0 Å². The van der Waals surface area contributed by atoms with Gasteiger partial charge in [-0.1, -0.05) is 54.1 Å². The van der Waals surface area contributed by atoms with Crippen LogP contribution >= 0.6 is 11.6 Å². The summed E-state index contributed by atoms with van der Waals surface area (Å²) in [5.41, 5.74) is 3.79. The molecule has 19 heavy (non-hydrogen) atoms. The molecular formula is C16H8ClNO. The highest BCUT2D eigenvalue weighted by Gasteiger charge is 2.30. The number of pyridine rings is 1. The molecule has 0 amide bonds. The van der Waals surface area contributed by atoms with Gasteiger partial charge in [-0.2, -0.15) is 0 Å². The number of hydrogen-bond donors (Lipinski definition) is 0. The van der Waals surface area contributed by atoms with Gasteiger partial charge in [0.05, 0.1) is 5.52 Å². The standard InChI is InChI=1S/C16H8ClNO/c17-16-14-9-5-1-2-6-10(9)15(19)13(14)11-7-3-4-8-12(11)18-16/h1-8H. The monoisotopic (exact) mass is 265 g/mol. The molecule has 1 aliphatic carbocycles. The summed E-state index contributed by atoms with van der Waals surface area (Å²) in [6, 6.07) is 15.1. The van der Waals surface area contributed by atoms with Crippen molar-refractivity contribution in [3.63, 3.8) is 0 Å². The van der Waals surface area contributed by atoms with Gasteiger partial charge in [0.1, 0.15) is 5.15 Å². The highest BCUT2D eigenvalue weighted by molar-refractivity contribution is 6.37. The van der Waals surface area contributed by atoms with Crippen LogP contribution in [0.15, 0.2) is 48.5 Å². The third-order valence-electron chi connectivity index (χ3n) is 3.52. The van der Waals surface area contributed by atoms with Gasteiger partial charge in [0.2, 0.25) is 0 Å². The summed E-state index contributed by atoms with van der Waals surface area (Å²) in [6.07, 6.45) is 0. The lowest BCUT2D eigenvalue weighted by Gasteiger charge is -2.06. The molecule has 0 unspecified atom stereocenters. The van der Waals surface area contributed by atoms with Crippen molar-refractivity contribution in [2.75, 3.05) is 0 Å². The van der Waals surface area contributed by atoms with Gasteiger partial charge >= 0.3 is 0 Å². The molecule has 0 radical (unpaired) electrons. The molecule has 0 saturated carbocycles. The first-order valence-corrected chi connectivity index (χ1v) is 6.37. The summed E-state index contributed by atoms with van der Waals surface area (Å²) in [7, 11) is 0. The molecule has 0 bridgehead atoms. The second-order valence-electron chi connectivity index (χ2n) is 4.54. The van der Waals surface area contributed by atoms with Crippen LogP contribution in [0.4, 0.5) is 0 Å². The number of benzene rings is 2. The van der Waals surface area contributed by atoms with E-state index in [2.05, 4.69) is 4.98 Å². The number of rotatable bonds is 0. The number of carbonyl (C=O) groups is 1. The molecule has 0 aliphatic heterocycles. The van der Waals surface area contributed by atoms with Gasteiger partial charge < -0.3 is 0 Å². The van der Waals surface area contributed by atoms with Crippen LogP contribution in [0, 0.1) is 0 Å². The van der Waals surface area contributed by atoms with Gasteiger partial charge in [-0.25, -0.2) is 4.98 Å². The van der Waals surface area contributed by atoms with E-state index in [1.54, 1.807) is 0 Å². The number of fused-ring (bicyclic) bond motifs is 5. The maximum Gasteiger partial charge on any atom is 0.195 e. The van der Waals surface area contributed by atoms with Gasteiger partial charge in [-0.3, -0.25) is 4.79 Å². The molecule has 1 heterocycles. The van der Waals surface area contributed by atoms with Crippen molar-refractivity contribution < 1.29 is 4.79 Å². The number of nitrogens with zero attached hydrogens (tertiary/aromatic N) is 1. The molecule has 2 aromatic carbocycles. The Bertz CT molecular complexity index is 854. The third-order valence-corrected chi connectivity index (χ3v) is 3.79. The fourth-order valence-corrected chi connectivity index (χ4v) is 2.98. The highest BCUT2D eigenvalue weighted by Crippen LogP contribution is 2.43. The Hall–Kier alpha value is -2.19. The summed E-state index contributed by atoms with van der Waals surface area (Å²) >= 11 is 6.28. The lowest BCUT2D eigenvalue weighted by atomic mass is 10.0. The van der Waals surface area contributed by atoms with Gasteiger partial charge in [0, 0.05) is 22.1 Å². The summed E-state index contributed by atoms with van der Waals surface area (Å²) in [4.78, 5) is 17.0. The number of hydrogen-bond acceptors (Lipinski definition) is 2. The summed E-state index contributed by atoms with van der Waals surface area (Å²) < 4.78 is 0. The number of ketones is 1. The Labute approximate surface area is 114 Å². The Morgan fingerprint density at radius 2 is 1.53 bits per heavy atom. The molecule has 3 aromatic rings. The van der Waals surface area contributed by atoms with E-state index >= 15 is 0 Å². The van der Waals surface area contributed by atoms with Crippen molar-refractivity contribution >= 4 is 28.3 Å². The van der Waals surface area contributed by atoms with Crippen molar-refractivity contribution in [1.29, 1.82) is 0 Å². The molecule has 3 heteroatoms. The van der Waals surface area contributed by atoms with Crippen LogP contribution in [-0.2, 0) is 0 Å². The zero-order valence-corrected chi connectivity index (χ0v) is 10.6. The van der Waals surface area contributed by atoms with E-state index in [4.69, 9.17) is 11.6 Å². The van der Waals surface area contributed by atoms with Crippen LogP contribution in [-0.4, -0.2) is 10.8 Å². The predicted molar refractivity (Wildman–Crippen MR) is 75.6 cm³/mol. The summed E-state index contributed by atoms with van der Waals surface area (Å²) in [5, 5.41) is 1.26. The van der Waals surface area contributed by atoms with Crippen LogP contribution in [0.1, 0.15) is 15.9 Å². The number of halogens is 1. The first-order valence-electron chi connectivity index (χ1n) is 6.00. The smallest absolute Gasteiger partial charge is 0.195 e. The lowest BCUT2D eigenvalue weighted by Crippen LogP contribution is -1.97. The molecule has 1 aromatic heterocycles. The van der Waals surface area contributed by atoms with E-state index in [0.29, 0.717) is 16.3 Å². The quantitative estimate of drug-likeness (QED) is 0.448. The molecule has 1 aliphatic rings. The van der Waals surface area contributed by atoms with Crippen molar-refractivity contribution in [2.45, 2.75) is 0 Å². The van der Waals surface area contributed by atoms with E-state index in [-0.39, 0.29) is 5.78 Å². The van der Waals surface area contributed by atoms with Gasteiger partial charge in [0.15, 0.2) is 5.78 Å². The van der Waals surface area contributed by atoms with Crippen LogP contribution < -0.4 is 0 Å². The summed E-state index contributed by atoms with van der Waals surface area (Å²) in [6.45, 7) is 0. The van der Waals surface area contributed by atoms with Crippen molar-refractivity contribution in [2.24, 2.45) is 0 Å². The normalized spacial score (nSPS) is 12.6. The minimum Gasteiger partial charge on any atom is -0.289 e. The van der Waals surface area contributed by atoms with Crippen LogP contribution in [0.3, 0.4) is 0 Å². The van der Waals surface area contributed by atoms with Crippen molar-refractivity contribution in [3.8, 4) is 11.1 Å². The topological polar surface area (TPSA) is 30.0 Å². The van der Waals surface area contributed by atoms with E-state index in [1.807, 2.05) is 48.5 Å². The largest absolute Gasteiger partial charge is 0.289 e. The molecule has 4 rings (SSSR count). The maximum atomic E-state index is 12.6. The van der Waals surface area contributed by atoms with Crippen LogP contribution in [0.25, 0.3) is 22.0 Å². The molecule has 0 N–H and O–H groups in total. The van der Waals surface area contributed by atoms with Crippen LogP contribution in [0.5, 0.6) is 0 Å². The number of para-hydroxylation sites is 1. The Kier molecular flexibility index (Phi) is 2.06. The molecule has 0 fully saturated rings. The van der Waals surface area contributed by atoms with E-state index in [0.717, 1.165) is 22.0 Å². The van der Waals surface area contributed by atoms with Crippen molar-refractivity contribution in [1.82, 2.24) is 4.98 Å². The zero-order chi connectivity index (χ0) is 13.0. The average molecular weight is 266 g/mol. The van der Waals surface area contributed by atoms with E-state index < -0.39 is 0 Å². The minimum absolute atomic E-state index is 0.0334. The van der Waals surface area contributed by atoms with Gasteiger partial charge in [-0.05, 0) is 11.6 Å². The van der Waals surface area contributed by atoms with Gasteiger partial charge in [-0.15, -0.1) is 0 Å². The molecule has 0 spiro atoms. The summed E-state index contributed by atoms with van der Waals surface area (Å²) in [5.74, 6) is 0.0334. The third kappa shape index (κ3) is 1.32. The average Bonchev–Trinajstić information content (AvgIpc) is 2.74. The molecule has 2 nitrogen and oxygen atoms in total. The fourth-order valence-electron chi connectivity index (χ4n) is 2.70.